The minimum atomic E-state index is -1.11. The molecule has 266 valence electrons. The molecule has 0 fully saturated rings. The third-order valence-electron chi connectivity index (χ3n) is 8.82. The largest absolute Gasteiger partial charge is 0.457 e. The van der Waals surface area contributed by atoms with Crippen molar-refractivity contribution >= 4 is 22.6 Å². The second kappa shape index (κ2) is 27.9. The van der Waals surface area contributed by atoms with E-state index in [9.17, 15) is 9.32 Å². The van der Waals surface area contributed by atoms with Crippen LogP contribution in [0.5, 0.6) is 6.01 Å². The lowest BCUT2D eigenvalue weighted by Crippen LogP contribution is -2.47. The van der Waals surface area contributed by atoms with E-state index in [1.807, 2.05) is 11.8 Å². The molecule has 0 amide bonds. The number of quaternary nitrogens is 1. The first-order valence-electron chi connectivity index (χ1n) is 18.3. The number of allylic oxidation sites excluding steroid dienone is 1. The summed E-state index contributed by atoms with van der Waals surface area (Å²) in [5, 5.41) is 11.5. The summed E-state index contributed by atoms with van der Waals surface area (Å²) in [6.45, 7) is 8.54. The molecule has 1 aliphatic heterocycles. The maximum absolute atomic E-state index is 12.9. The Morgan fingerprint density at radius 3 is 2.00 bits per heavy atom. The van der Waals surface area contributed by atoms with E-state index in [0.717, 1.165) is 36.3 Å². The second-order valence-corrected chi connectivity index (χ2v) is 15.2. The van der Waals surface area contributed by atoms with Gasteiger partial charge in [0.1, 0.15) is 24.2 Å². The third kappa shape index (κ3) is 19.7. The lowest BCUT2D eigenvalue weighted by Gasteiger charge is -2.34. The zero-order valence-electron chi connectivity index (χ0n) is 29.2. The van der Waals surface area contributed by atoms with Crippen molar-refractivity contribution in [2.75, 3.05) is 63.5 Å². The smallest absolute Gasteiger partial charge is 0.316 e. The van der Waals surface area contributed by atoms with Crippen LogP contribution >= 0.6 is 11.8 Å². The van der Waals surface area contributed by atoms with Gasteiger partial charge in [0.2, 0.25) is 0 Å². The highest BCUT2D eigenvalue weighted by Crippen LogP contribution is 2.31. The van der Waals surface area contributed by atoms with Crippen LogP contribution in [0.3, 0.4) is 0 Å². The van der Waals surface area contributed by atoms with Gasteiger partial charge in [-0.2, -0.15) is 0 Å². The number of hydrogen-bond donors (Lipinski definition) is 1. The molecule has 3 unspecified atom stereocenters. The molecule has 1 aromatic rings. The number of ether oxygens (including phenoxy) is 3. The van der Waals surface area contributed by atoms with E-state index in [4.69, 9.17) is 14.2 Å². The van der Waals surface area contributed by atoms with Crippen LogP contribution in [0.4, 0.5) is 0 Å². The van der Waals surface area contributed by atoms with E-state index in [0.29, 0.717) is 37.9 Å². The van der Waals surface area contributed by atoms with Gasteiger partial charge in [-0.1, -0.05) is 115 Å². The van der Waals surface area contributed by atoms with Gasteiger partial charge in [0.15, 0.2) is 0 Å². The lowest BCUT2D eigenvalue weighted by atomic mass is 10.0. The number of aliphatic hydroxyl groups excluding tert-OH is 1. The van der Waals surface area contributed by atoms with Gasteiger partial charge in [0.05, 0.1) is 32.1 Å². The summed E-state index contributed by atoms with van der Waals surface area (Å²) >= 11 is 1.82. The summed E-state index contributed by atoms with van der Waals surface area (Å²) in [5.74, 6) is 1.80. The van der Waals surface area contributed by atoms with Gasteiger partial charge < -0.3 is 19.3 Å². The van der Waals surface area contributed by atoms with Gasteiger partial charge in [0.25, 0.3) is 0 Å². The van der Waals surface area contributed by atoms with Crippen molar-refractivity contribution in [2.24, 2.45) is 0 Å². The van der Waals surface area contributed by atoms with Crippen molar-refractivity contribution < 1.29 is 28.0 Å². The number of thioether (sulfide) groups is 1. The summed E-state index contributed by atoms with van der Waals surface area (Å²) in [4.78, 5) is 8.36. The van der Waals surface area contributed by atoms with Crippen molar-refractivity contribution in [3.05, 3.63) is 29.6 Å². The molecular weight excluding hydrogens is 619 g/mol. The number of rotatable bonds is 32. The molecule has 3 atom stereocenters. The quantitative estimate of drug-likeness (QED) is 0.0603. The molecule has 10 heteroatoms. The highest BCUT2D eigenvalue weighted by molar-refractivity contribution is 8.02. The lowest BCUT2D eigenvalue weighted by molar-refractivity contribution is -0.878. The number of unbranched alkanes of at least 4 members (excludes halogenated alkanes) is 15. The van der Waals surface area contributed by atoms with Crippen LogP contribution in [0, 0.1) is 0 Å². The first kappa shape index (κ1) is 41.1. The highest BCUT2D eigenvalue weighted by Gasteiger charge is 2.33. The fourth-order valence-electron chi connectivity index (χ4n) is 5.84. The Morgan fingerprint density at radius 1 is 0.826 bits per heavy atom. The summed E-state index contributed by atoms with van der Waals surface area (Å²) in [7, 11) is -1.11. The number of nitrogens with zero attached hydrogens (tertiary/aromatic N) is 3. The van der Waals surface area contributed by atoms with Crippen LogP contribution in [0.15, 0.2) is 29.6 Å². The minimum absolute atomic E-state index is 0.207. The van der Waals surface area contributed by atoms with Crippen molar-refractivity contribution in [3.63, 3.8) is 0 Å². The average Bonchev–Trinajstić information content (AvgIpc) is 3.42. The number of aromatic nitrogens is 2. The Morgan fingerprint density at radius 2 is 1.43 bits per heavy atom. The second-order valence-electron chi connectivity index (χ2n) is 12.8. The molecule has 0 radical (unpaired) electrons. The molecule has 0 aromatic carbocycles. The SMILES string of the molecule is CCCCCCCCCCCCCCCCCCOCC(CS(=O)CCOCC[N+]1(CCCO)CSC=C1C)Oc1ncccn1. The van der Waals surface area contributed by atoms with E-state index < -0.39 is 10.8 Å². The van der Waals surface area contributed by atoms with E-state index >= 15 is 0 Å². The van der Waals surface area contributed by atoms with Crippen LogP contribution in [-0.2, 0) is 20.3 Å². The predicted molar refractivity (Wildman–Crippen MR) is 193 cm³/mol. The summed E-state index contributed by atoms with van der Waals surface area (Å²) in [5.41, 5.74) is 1.33. The Labute approximate surface area is 287 Å². The average molecular weight is 685 g/mol. The monoisotopic (exact) mass is 684 g/mol. The van der Waals surface area contributed by atoms with Crippen LogP contribution < -0.4 is 4.74 Å². The minimum Gasteiger partial charge on any atom is -0.457 e. The molecule has 0 bridgehead atoms. The Hall–Kier alpha value is -1.04. The number of aliphatic hydroxyl groups is 1. The van der Waals surface area contributed by atoms with Crippen LogP contribution in [0.25, 0.3) is 0 Å². The Balaban J connectivity index is 1.53. The molecule has 0 spiro atoms. The first-order chi connectivity index (χ1) is 22.6. The molecule has 1 aromatic heterocycles. The van der Waals surface area contributed by atoms with Crippen molar-refractivity contribution in [3.8, 4) is 6.01 Å². The molecule has 2 rings (SSSR count). The van der Waals surface area contributed by atoms with Gasteiger partial charge in [0, 0.05) is 60.9 Å². The molecule has 46 heavy (non-hydrogen) atoms. The van der Waals surface area contributed by atoms with Gasteiger partial charge in [-0.15, -0.1) is 0 Å². The molecule has 0 saturated carbocycles. The first-order valence-corrected chi connectivity index (χ1v) is 20.8. The maximum atomic E-state index is 12.9. The van der Waals surface area contributed by atoms with E-state index in [1.54, 1.807) is 18.5 Å². The number of hydrogen-bond acceptors (Lipinski definition) is 8. The third-order valence-corrected chi connectivity index (χ3v) is 11.3. The normalized spacial score (nSPS) is 17.7. The Kier molecular flexibility index (Phi) is 24.9. The molecule has 0 aliphatic carbocycles. The van der Waals surface area contributed by atoms with Crippen LogP contribution in [0.1, 0.15) is 123 Å². The summed E-state index contributed by atoms with van der Waals surface area (Å²) in [6.07, 6.45) is 25.3. The van der Waals surface area contributed by atoms with E-state index in [2.05, 4.69) is 29.2 Å². The molecule has 8 nitrogen and oxygen atoms in total. The van der Waals surface area contributed by atoms with Crippen molar-refractivity contribution in [1.82, 2.24) is 9.97 Å². The Bertz CT molecular complexity index is 911. The van der Waals surface area contributed by atoms with Crippen LogP contribution in [0.2, 0.25) is 0 Å². The van der Waals surface area contributed by atoms with Crippen molar-refractivity contribution in [2.45, 2.75) is 129 Å². The molecule has 0 saturated heterocycles. The zero-order chi connectivity index (χ0) is 33.0. The van der Waals surface area contributed by atoms with Gasteiger partial charge >= 0.3 is 6.01 Å². The highest BCUT2D eigenvalue weighted by atomic mass is 32.2. The summed E-state index contributed by atoms with van der Waals surface area (Å²) < 4.78 is 31.6. The fourth-order valence-corrected chi connectivity index (χ4v) is 8.18. The molecule has 1 N–H and O–H groups in total. The predicted octanol–water partition coefficient (Wildman–Crippen LogP) is 8.03. The molecule has 2 heterocycles. The maximum Gasteiger partial charge on any atom is 0.316 e. The van der Waals surface area contributed by atoms with Gasteiger partial charge in [-0.25, -0.2) is 9.97 Å². The molecular formula is C36H66N3O5S2+. The van der Waals surface area contributed by atoms with Crippen LogP contribution in [-0.4, -0.2) is 93.4 Å². The standard InChI is InChI=1S/C36H66N3O5S2/c1-3-4-5-6-7-8-9-10-11-12-13-14-15-16-17-18-26-43-30-35(44-36-37-21-19-22-38-36)32-46(41)29-28-42-27-24-39(23-20-25-40)33-45-31-34(39)2/h19,21-22,31,35,40H,3-18,20,23-30,32-33H2,1-2H3/q+1. The van der Waals surface area contributed by atoms with E-state index in [1.165, 1.54) is 102 Å². The zero-order valence-corrected chi connectivity index (χ0v) is 30.8. The van der Waals surface area contributed by atoms with Crippen molar-refractivity contribution in [1.29, 1.82) is 0 Å². The molecule has 1 aliphatic rings. The van der Waals surface area contributed by atoms with Gasteiger partial charge in [-0.3, -0.25) is 8.69 Å². The topological polar surface area (TPSA) is 90.8 Å². The summed E-state index contributed by atoms with van der Waals surface area (Å²) in [6, 6.07) is 2.04. The van der Waals surface area contributed by atoms with Gasteiger partial charge in [-0.05, 0) is 12.5 Å². The fraction of sp³-hybridized carbons (Fsp3) is 0.833. The van der Waals surface area contributed by atoms with E-state index in [-0.39, 0.29) is 18.7 Å².